The zero-order valence-electron chi connectivity index (χ0n) is 15.9. The summed E-state index contributed by atoms with van der Waals surface area (Å²) < 4.78 is 5.33. The van der Waals surface area contributed by atoms with Gasteiger partial charge in [0.05, 0.1) is 25.2 Å². The highest BCUT2D eigenvalue weighted by Gasteiger charge is 2.49. The van der Waals surface area contributed by atoms with Gasteiger partial charge in [-0.05, 0) is 37.3 Å². The molecule has 3 rings (SSSR count). The zero-order chi connectivity index (χ0) is 19.3. The second-order valence-electron chi connectivity index (χ2n) is 7.44. The number of hydrogen-bond acceptors (Lipinski definition) is 5. The van der Waals surface area contributed by atoms with Gasteiger partial charge in [-0.15, -0.1) is 0 Å². The molecule has 3 N–H and O–H groups in total. The molecular weight excluding hydrogens is 346 g/mol. The molecule has 1 spiro atoms. The van der Waals surface area contributed by atoms with Crippen molar-refractivity contribution in [2.24, 2.45) is 5.41 Å². The number of rotatable bonds is 6. The molecule has 7 heteroatoms. The molecule has 1 aromatic rings. The fraction of sp³-hybridized carbons (Fsp3) is 0.600. The summed E-state index contributed by atoms with van der Waals surface area (Å²) in [4.78, 5) is 26.7. The third-order valence-electron chi connectivity index (χ3n) is 5.68. The van der Waals surface area contributed by atoms with E-state index in [0.717, 1.165) is 17.7 Å². The van der Waals surface area contributed by atoms with Crippen LogP contribution in [-0.4, -0.2) is 67.8 Å². The van der Waals surface area contributed by atoms with Crippen molar-refractivity contribution >= 4 is 11.8 Å². The molecule has 2 aliphatic heterocycles. The highest BCUT2D eigenvalue weighted by molar-refractivity contribution is 5.84. The molecule has 0 unspecified atom stereocenters. The van der Waals surface area contributed by atoms with E-state index < -0.39 is 11.5 Å². The van der Waals surface area contributed by atoms with Crippen LogP contribution < -0.4 is 15.4 Å². The Balaban J connectivity index is 1.50. The van der Waals surface area contributed by atoms with Crippen molar-refractivity contribution in [1.29, 1.82) is 0 Å². The molecule has 2 fully saturated rings. The summed E-state index contributed by atoms with van der Waals surface area (Å²) in [6, 6.07) is 7.77. The number of methoxy groups -OCH3 is 1. The van der Waals surface area contributed by atoms with Gasteiger partial charge in [-0.3, -0.25) is 14.5 Å². The van der Waals surface area contributed by atoms with E-state index in [0.29, 0.717) is 45.4 Å². The number of carbonyl (C=O) groups is 2. The number of para-hydroxylation sites is 1. The first-order chi connectivity index (χ1) is 13.0. The smallest absolute Gasteiger partial charge is 0.234 e. The Morgan fingerprint density at radius 3 is 3.04 bits per heavy atom. The van der Waals surface area contributed by atoms with Crippen LogP contribution in [0.5, 0.6) is 5.75 Å². The number of benzene rings is 1. The number of piperidine rings is 2. The van der Waals surface area contributed by atoms with E-state index in [4.69, 9.17) is 4.74 Å². The van der Waals surface area contributed by atoms with Crippen LogP contribution >= 0.6 is 0 Å². The van der Waals surface area contributed by atoms with Crippen LogP contribution in [0, 0.1) is 5.41 Å². The molecule has 2 saturated heterocycles. The van der Waals surface area contributed by atoms with E-state index in [1.807, 2.05) is 29.2 Å². The summed E-state index contributed by atoms with van der Waals surface area (Å²) in [6.07, 6.45) is 2.11. The predicted molar refractivity (Wildman–Crippen MR) is 101 cm³/mol. The maximum Gasteiger partial charge on any atom is 0.234 e. The SMILES string of the molecule is COc1ccccc1CCNC(=O)CN1CC[C@H](O)[C@@]2(CCCNC2=O)C1. The van der Waals surface area contributed by atoms with Gasteiger partial charge in [0.25, 0.3) is 0 Å². The van der Waals surface area contributed by atoms with Gasteiger partial charge < -0.3 is 20.5 Å². The number of likely N-dealkylation sites (tertiary alicyclic amines) is 1. The molecule has 2 amide bonds. The van der Waals surface area contributed by atoms with Crippen LogP contribution in [0.25, 0.3) is 0 Å². The first-order valence-corrected chi connectivity index (χ1v) is 9.62. The quantitative estimate of drug-likeness (QED) is 0.666. The van der Waals surface area contributed by atoms with Crippen molar-refractivity contribution in [2.45, 2.75) is 31.8 Å². The summed E-state index contributed by atoms with van der Waals surface area (Å²) in [5.41, 5.74) is 0.285. The third-order valence-corrected chi connectivity index (χ3v) is 5.68. The largest absolute Gasteiger partial charge is 0.496 e. The fourth-order valence-electron chi connectivity index (χ4n) is 4.17. The highest BCUT2D eigenvalue weighted by atomic mass is 16.5. The lowest BCUT2D eigenvalue weighted by molar-refractivity contribution is -0.150. The molecule has 27 heavy (non-hydrogen) atoms. The van der Waals surface area contributed by atoms with Crippen LogP contribution in [0.2, 0.25) is 0 Å². The Morgan fingerprint density at radius 2 is 2.26 bits per heavy atom. The Hall–Kier alpha value is -2.12. The van der Waals surface area contributed by atoms with Crippen molar-refractivity contribution in [3.63, 3.8) is 0 Å². The third kappa shape index (κ3) is 4.42. The predicted octanol–water partition coefficient (Wildman–Crippen LogP) is 0.317. The maximum atomic E-state index is 12.4. The summed E-state index contributed by atoms with van der Waals surface area (Å²) in [5.74, 6) is 0.678. The lowest BCUT2D eigenvalue weighted by Gasteiger charge is -2.46. The highest BCUT2D eigenvalue weighted by Crippen LogP contribution is 2.37. The molecule has 1 aromatic carbocycles. The van der Waals surface area contributed by atoms with E-state index >= 15 is 0 Å². The van der Waals surface area contributed by atoms with Crippen LogP contribution in [0.3, 0.4) is 0 Å². The number of carbonyl (C=O) groups excluding carboxylic acids is 2. The number of amides is 2. The number of nitrogens with one attached hydrogen (secondary N) is 2. The van der Waals surface area contributed by atoms with Crippen molar-refractivity contribution in [2.75, 3.05) is 39.8 Å². The van der Waals surface area contributed by atoms with Gasteiger partial charge in [0.15, 0.2) is 0 Å². The molecule has 7 nitrogen and oxygen atoms in total. The van der Waals surface area contributed by atoms with E-state index in [2.05, 4.69) is 10.6 Å². The number of nitrogens with zero attached hydrogens (tertiary/aromatic N) is 1. The van der Waals surface area contributed by atoms with Crippen LogP contribution in [-0.2, 0) is 16.0 Å². The normalized spacial score (nSPS) is 25.9. The lowest BCUT2D eigenvalue weighted by atomic mass is 9.71. The second kappa shape index (κ2) is 8.71. The average molecular weight is 375 g/mol. The van der Waals surface area contributed by atoms with Gasteiger partial charge in [0.2, 0.25) is 11.8 Å². The monoisotopic (exact) mass is 375 g/mol. The van der Waals surface area contributed by atoms with E-state index in [9.17, 15) is 14.7 Å². The topological polar surface area (TPSA) is 90.9 Å². The number of aliphatic hydroxyl groups excluding tert-OH is 1. The second-order valence-corrected chi connectivity index (χ2v) is 7.44. The maximum absolute atomic E-state index is 12.4. The molecule has 0 radical (unpaired) electrons. The minimum atomic E-state index is -0.770. The number of ether oxygens (including phenoxy) is 1. The van der Waals surface area contributed by atoms with Crippen LogP contribution in [0.4, 0.5) is 0 Å². The first kappa shape index (κ1) is 19.6. The van der Waals surface area contributed by atoms with Crippen LogP contribution in [0.1, 0.15) is 24.8 Å². The Kier molecular flexibility index (Phi) is 6.34. The van der Waals surface area contributed by atoms with Gasteiger partial charge in [-0.2, -0.15) is 0 Å². The van der Waals surface area contributed by atoms with Crippen LogP contribution in [0.15, 0.2) is 24.3 Å². The molecule has 0 bridgehead atoms. The van der Waals surface area contributed by atoms with Crippen molar-refractivity contribution in [1.82, 2.24) is 15.5 Å². The Bertz CT molecular complexity index is 681. The summed E-state index contributed by atoms with van der Waals surface area (Å²) >= 11 is 0. The first-order valence-electron chi connectivity index (χ1n) is 9.62. The van der Waals surface area contributed by atoms with E-state index in [1.165, 1.54) is 0 Å². The van der Waals surface area contributed by atoms with Crippen molar-refractivity contribution < 1.29 is 19.4 Å². The number of hydrogen-bond donors (Lipinski definition) is 3. The minimum absolute atomic E-state index is 0.0624. The van der Waals surface area contributed by atoms with E-state index in [1.54, 1.807) is 7.11 Å². The Labute approximate surface area is 160 Å². The summed E-state index contributed by atoms with van der Waals surface area (Å²) in [6.45, 7) is 2.49. The summed E-state index contributed by atoms with van der Waals surface area (Å²) in [7, 11) is 1.64. The van der Waals surface area contributed by atoms with Gasteiger partial charge in [0, 0.05) is 26.2 Å². The average Bonchev–Trinajstić information content (AvgIpc) is 2.67. The standard InChI is InChI=1S/C20H29N3O4/c1-27-16-6-3-2-5-15(16)7-11-21-18(25)13-23-12-8-17(24)20(14-23)9-4-10-22-19(20)26/h2-3,5-6,17,24H,4,7-14H2,1H3,(H,21,25)(H,22,26)/t17-,20+/m0/s1. The Morgan fingerprint density at radius 1 is 1.44 bits per heavy atom. The molecule has 148 valence electrons. The summed E-state index contributed by atoms with van der Waals surface area (Å²) in [5, 5.41) is 16.2. The fourth-order valence-corrected chi connectivity index (χ4v) is 4.17. The zero-order valence-corrected chi connectivity index (χ0v) is 15.9. The van der Waals surface area contributed by atoms with Gasteiger partial charge in [-0.1, -0.05) is 18.2 Å². The van der Waals surface area contributed by atoms with E-state index in [-0.39, 0.29) is 18.4 Å². The van der Waals surface area contributed by atoms with Gasteiger partial charge in [0.1, 0.15) is 5.75 Å². The van der Waals surface area contributed by atoms with Crippen molar-refractivity contribution in [3.8, 4) is 5.75 Å². The molecule has 0 aliphatic carbocycles. The molecule has 2 heterocycles. The van der Waals surface area contributed by atoms with Gasteiger partial charge >= 0.3 is 0 Å². The molecule has 2 atom stereocenters. The van der Waals surface area contributed by atoms with Gasteiger partial charge in [-0.25, -0.2) is 0 Å². The molecule has 0 aromatic heterocycles. The number of aliphatic hydroxyl groups is 1. The minimum Gasteiger partial charge on any atom is -0.496 e. The van der Waals surface area contributed by atoms with Crippen molar-refractivity contribution in [3.05, 3.63) is 29.8 Å². The molecule has 0 saturated carbocycles. The molecular formula is C20H29N3O4. The lowest BCUT2D eigenvalue weighted by Crippen LogP contribution is -2.62. The molecule has 2 aliphatic rings.